The Labute approximate surface area is 82.8 Å². The monoisotopic (exact) mass is 222 g/mol. The van der Waals surface area contributed by atoms with Gasteiger partial charge in [-0.25, -0.2) is 8.42 Å². The maximum Gasteiger partial charge on any atom is 0.253 e. The summed E-state index contributed by atoms with van der Waals surface area (Å²) in [5.74, 6) is -0.650. The fraction of sp³-hybridized carbons (Fsp3) is 0.857. The minimum atomic E-state index is -3.53. The molecule has 0 bridgehead atoms. The highest BCUT2D eigenvalue weighted by molar-refractivity contribution is 7.89. The van der Waals surface area contributed by atoms with Gasteiger partial charge in [-0.1, -0.05) is 0 Å². The van der Waals surface area contributed by atoms with Gasteiger partial charge in [-0.15, -0.1) is 0 Å². The smallest absolute Gasteiger partial charge is 0.253 e. The SMILES string of the molecule is CS(=O)(=O)NC(=O)C1(N)CCOCC1. The Kier molecular flexibility index (Phi) is 3.13. The molecular formula is C7H14N2O4S. The van der Waals surface area contributed by atoms with Crippen LogP contribution in [0.25, 0.3) is 0 Å². The Morgan fingerprint density at radius 2 is 1.93 bits per heavy atom. The zero-order chi connectivity index (χ0) is 10.8. The zero-order valence-electron chi connectivity index (χ0n) is 7.95. The van der Waals surface area contributed by atoms with E-state index in [0.717, 1.165) is 6.26 Å². The zero-order valence-corrected chi connectivity index (χ0v) is 8.76. The summed E-state index contributed by atoms with van der Waals surface area (Å²) in [5.41, 5.74) is 4.64. The van der Waals surface area contributed by atoms with Crippen molar-refractivity contribution >= 4 is 15.9 Å². The van der Waals surface area contributed by atoms with E-state index < -0.39 is 21.5 Å². The van der Waals surface area contributed by atoms with Gasteiger partial charge in [0.15, 0.2) is 0 Å². The fourth-order valence-corrected chi connectivity index (χ4v) is 1.77. The fourth-order valence-electron chi connectivity index (χ4n) is 1.23. The van der Waals surface area contributed by atoms with Crippen molar-refractivity contribution in [3.8, 4) is 0 Å². The van der Waals surface area contributed by atoms with Crippen LogP contribution in [0.4, 0.5) is 0 Å². The van der Waals surface area contributed by atoms with Crippen LogP contribution in [-0.2, 0) is 19.6 Å². The van der Waals surface area contributed by atoms with Gasteiger partial charge in [0.05, 0.1) is 6.26 Å². The van der Waals surface area contributed by atoms with Crippen molar-refractivity contribution in [1.82, 2.24) is 4.72 Å². The van der Waals surface area contributed by atoms with Crippen LogP contribution < -0.4 is 10.5 Å². The number of rotatable bonds is 2. The summed E-state index contributed by atoms with van der Waals surface area (Å²) >= 11 is 0. The number of hydrogen-bond donors (Lipinski definition) is 2. The van der Waals surface area contributed by atoms with Gasteiger partial charge in [0.1, 0.15) is 5.54 Å². The van der Waals surface area contributed by atoms with E-state index in [0.29, 0.717) is 26.1 Å². The molecule has 14 heavy (non-hydrogen) atoms. The minimum absolute atomic E-state index is 0.342. The lowest BCUT2D eigenvalue weighted by molar-refractivity contribution is -0.127. The van der Waals surface area contributed by atoms with E-state index in [1.807, 2.05) is 4.72 Å². The molecule has 0 unspecified atom stereocenters. The van der Waals surface area contributed by atoms with Gasteiger partial charge >= 0.3 is 0 Å². The third-order valence-corrected chi connectivity index (χ3v) is 2.67. The molecule has 1 rings (SSSR count). The number of nitrogens with two attached hydrogens (primary N) is 1. The molecule has 1 fully saturated rings. The Morgan fingerprint density at radius 3 is 2.36 bits per heavy atom. The maximum atomic E-state index is 11.5. The van der Waals surface area contributed by atoms with Crippen LogP contribution in [0.1, 0.15) is 12.8 Å². The molecule has 1 amide bonds. The van der Waals surface area contributed by atoms with Gasteiger partial charge in [0.2, 0.25) is 10.0 Å². The van der Waals surface area contributed by atoms with Crippen LogP contribution in [0.3, 0.4) is 0 Å². The van der Waals surface area contributed by atoms with Gasteiger partial charge < -0.3 is 10.5 Å². The number of carbonyl (C=O) groups excluding carboxylic acids is 1. The standard InChI is InChI=1S/C7H14N2O4S/c1-14(11,12)9-6(10)7(8)2-4-13-5-3-7/h2-5,8H2,1H3,(H,9,10). The minimum Gasteiger partial charge on any atom is -0.381 e. The largest absolute Gasteiger partial charge is 0.381 e. The Bertz CT molecular complexity index is 319. The molecule has 0 aromatic carbocycles. The molecule has 6 nitrogen and oxygen atoms in total. The highest BCUT2D eigenvalue weighted by Gasteiger charge is 2.37. The lowest BCUT2D eigenvalue weighted by Crippen LogP contribution is -2.57. The molecule has 1 aliphatic heterocycles. The highest BCUT2D eigenvalue weighted by atomic mass is 32.2. The summed E-state index contributed by atoms with van der Waals surface area (Å²) in [6.45, 7) is 0.765. The molecule has 0 aromatic rings. The van der Waals surface area contributed by atoms with Crippen LogP contribution in [0.15, 0.2) is 0 Å². The third kappa shape index (κ3) is 2.93. The summed E-state index contributed by atoms with van der Waals surface area (Å²) in [6, 6.07) is 0. The van der Waals surface area contributed by atoms with Crippen LogP contribution >= 0.6 is 0 Å². The van der Waals surface area contributed by atoms with E-state index >= 15 is 0 Å². The number of carbonyl (C=O) groups is 1. The lowest BCUT2D eigenvalue weighted by Gasteiger charge is -2.31. The van der Waals surface area contributed by atoms with E-state index in [2.05, 4.69) is 0 Å². The number of amides is 1. The summed E-state index contributed by atoms with van der Waals surface area (Å²) < 4.78 is 28.5. The van der Waals surface area contributed by atoms with Crippen LogP contribution in [0.2, 0.25) is 0 Å². The molecule has 7 heteroatoms. The predicted molar refractivity (Wildman–Crippen MR) is 50.0 cm³/mol. The second-order valence-corrected chi connectivity index (χ2v) is 5.22. The molecular weight excluding hydrogens is 208 g/mol. The molecule has 0 radical (unpaired) electrons. The summed E-state index contributed by atoms with van der Waals surface area (Å²) in [4.78, 5) is 11.5. The summed E-state index contributed by atoms with van der Waals surface area (Å²) in [6.07, 6.45) is 1.61. The first-order chi connectivity index (χ1) is 6.33. The Balaban J connectivity index is 2.67. The molecule has 1 saturated heterocycles. The average molecular weight is 222 g/mol. The van der Waals surface area contributed by atoms with Crippen LogP contribution in [0.5, 0.6) is 0 Å². The van der Waals surface area contributed by atoms with E-state index in [4.69, 9.17) is 10.5 Å². The Morgan fingerprint density at radius 1 is 1.43 bits per heavy atom. The molecule has 0 spiro atoms. The van der Waals surface area contributed by atoms with Gasteiger partial charge in [-0.3, -0.25) is 9.52 Å². The molecule has 0 atom stereocenters. The molecule has 3 N–H and O–H groups in total. The van der Waals surface area contributed by atoms with Crippen molar-refractivity contribution in [2.75, 3.05) is 19.5 Å². The van der Waals surface area contributed by atoms with Crippen molar-refractivity contribution in [2.45, 2.75) is 18.4 Å². The van der Waals surface area contributed by atoms with Gasteiger partial charge in [0, 0.05) is 13.2 Å². The second-order valence-electron chi connectivity index (χ2n) is 3.47. The van der Waals surface area contributed by atoms with Crippen molar-refractivity contribution in [3.63, 3.8) is 0 Å². The van der Waals surface area contributed by atoms with Crippen LogP contribution in [-0.4, -0.2) is 39.3 Å². The first-order valence-corrected chi connectivity index (χ1v) is 6.11. The van der Waals surface area contributed by atoms with Crippen LogP contribution in [0, 0.1) is 0 Å². The average Bonchev–Trinajstić information content (AvgIpc) is 2.02. The molecule has 1 heterocycles. The van der Waals surface area contributed by atoms with Crippen molar-refractivity contribution < 1.29 is 17.9 Å². The third-order valence-electron chi connectivity index (χ3n) is 2.12. The van der Waals surface area contributed by atoms with Crippen molar-refractivity contribution in [1.29, 1.82) is 0 Å². The quantitative estimate of drug-likeness (QED) is 0.597. The molecule has 82 valence electrons. The first-order valence-electron chi connectivity index (χ1n) is 4.22. The number of ether oxygens (including phenoxy) is 1. The van der Waals surface area contributed by atoms with Gasteiger partial charge in [-0.05, 0) is 12.8 Å². The molecule has 0 aliphatic carbocycles. The van der Waals surface area contributed by atoms with E-state index in [-0.39, 0.29) is 0 Å². The highest BCUT2D eigenvalue weighted by Crippen LogP contribution is 2.17. The van der Waals surface area contributed by atoms with Crippen molar-refractivity contribution in [3.05, 3.63) is 0 Å². The summed E-state index contributed by atoms with van der Waals surface area (Å²) in [5, 5.41) is 0. The number of nitrogens with one attached hydrogen (secondary N) is 1. The summed E-state index contributed by atoms with van der Waals surface area (Å²) in [7, 11) is -3.53. The second kappa shape index (κ2) is 3.84. The van der Waals surface area contributed by atoms with E-state index in [1.165, 1.54) is 0 Å². The van der Waals surface area contributed by atoms with E-state index in [1.54, 1.807) is 0 Å². The van der Waals surface area contributed by atoms with Crippen molar-refractivity contribution in [2.24, 2.45) is 5.73 Å². The number of sulfonamides is 1. The predicted octanol–water partition coefficient (Wildman–Crippen LogP) is -1.43. The lowest BCUT2D eigenvalue weighted by atomic mass is 9.91. The number of hydrogen-bond acceptors (Lipinski definition) is 5. The normalized spacial score (nSPS) is 21.6. The first kappa shape index (κ1) is 11.4. The molecule has 1 aliphatic rings. The van der Waals surface area contributed by atoms with E-state index in [9.17, 15) is 13.2 Å². The molecule has 0 saturated carbocycles. The van der Waals surface area contributed by atoms with Gasteiger partial charge in [-0.2, -0.15) is 0 Å². The topological polar surface area (TPSA) is 98.5 Å². The Hall–Kier alpha value is -0.660. The maximum absolute atomic E-state index is 11.5. The van der Waals surface area contributed by atoms with Gasteiger partial charge in [0.25, 0.3) is 5.91 Å². The molecule has 0 aromatic heterocycles.